The highest BCUT2D eigenvalue weighted by atomic mass is 16.3. The number of rotatable bonds is 4. The van der Waals surface area contributed by atoms with Crippen LogP contribution in [0.1, 0.15) is 32.6 Å². The van der Waals surface area contributed by atoms with E-state index in [2.05, 4.69) is 11.8 Å². The largest absolute Gasteiger partial charge is 0.395 e. The van der Waals surface area contributed by atoms with Gasteiger partial charge in [-0.1, -0.05) is 13.3 Å². The maximum Gasteiger partial charge on any atom is 0.228 e. The molecule has 0 unspecified atom stereocenters. The average molecular weight is 240 g/mol. The standard InChI is InChI=1S/C13H24N2O2/c1-2-13(4-3-5-13)12(17)15-8-6-14(7-9-15)10-11-16/h16H,2-11H2,1H3. The van der Waals surface area contributed by atoms with Gasteiger partial charge in [0.15, 0.2) is 0 Å². The summed E-state index contributed by atoms with van der Waals surface area (Å²) in [6, 6.07) is 0. The quantitative estimate of drug-likeness (QED) is 0.787. The Balaban J connectivity index is 1.86. The first-order valence-electron chi connectivity index (χ1n) is 6.84. The van der Waals surface area contributed by atoms with Gasteiger partial charge in [-0.15, -0.1) is 0 Å². The van der Waals surface area contributed by atoms with Crippen molar-refractivity contribution >= 4 is 5.91 Å². The van der Waals surface area contributed by atoms with E-state index >= 15 is 0 Å². The molecule has 1 N–H and O–H groups in total. The minimum absolute atomic E-state index is 0.0147. The van der Waals surface area contributed by atoms with Crippen LogP contribution in [-0.2, 0) is 4.79 Å². The minimum atomic E-state index is -0.0147. The fourth-order valence-corrected chi connectivity index (χ4v) is 2.97. The molecule has 1 aliphatic heterocycles. The first-order chi connectivity index (χ1) is 8.22. The third-order valence-corrected chi connectivity index (χ3v) is 4.52. The van der Waals surface area contributed by atoms with Gasteiger partial charge >= 0.3 is 0 Å². The summed E-state index contributed by atoms with van der Waals surface area (Å²) in [4.78, 5) is 16.7. The van der Waals surface area contributed by atoms with Crippen LogP contribution in [-0.4, -0.2) is 60.1 Å². The Hall–Kier alpha value is -0.610. The van der Waals surface area contributed by atoms with Gasteiger partial charge in [-0.3, -0.25) is 9.69 Å². The average Bonchev–Trinajstić information content (AvgIpc) is 2.29. The van der Waals surface area contributed by atoms with Crippen molar-refractivity contribution in [1.29, 1.82) is 0 Å². The van der Waals surface area contributed by atoms with Crippen molar-refractivity contribution in [1.82, 2.24) is 9.80 Å². The molecule has 2 aliphatic rings. The van der Waals surface area contributed by atoms with E-state index in [0.29, 0.717) is 5.91 Å². The van der Waals surface area contributed by atoms with Crippen molar-refractivity contribution in [3.8, 4) is 0 Å². The van der Waals surface area contributed by atoms with Crippen molar-refractivity contribution in [3.05, 3.63) is 0 Å². The predicted octanol–water partition coefficient (Wildman–Crippen LogP) is 0.703. The maximum absolute atomic E-state index is 12.5. The number of hydrogen-bond acceptors (Lipinski definition) is 3. The van der Waals surface area contributed by atoms with Crippen molar-refractivity contribution in [2.24, 2.45) is 5.41 Å². The minimum Gasteiger partial charge on any atom is -0.395 e. The van der Waals surface area contributed by atoms with Crippen molar-refractivity contribution in [3.63, 3.8) is 0 Å². The summed E-state index contributed by atoms with van der Waals surface area (Å²) in [6.45, 7) is 6.58. The molecular weight excluding hydrogens is 216 g/mol. The third kappa shape index (κ3) is 2.47. The van der Waals surface area contributed by atoms with E-state index in [9.17, 15) is 4.79 Å². The Morgan fingerprint density at radius 3 is 2.29 bits per heavy atom. The fourth-order valence-electron chi connectivity index (χ4n) is 2.97. The summed E-state index contributed by atoms with van der Waals surface area (Å²) in [5.74, 6) is 0.384. The number of carbonyl (C=O) groups is 1. The molecule has 1 saturated heterocycles. The highest BCUT2D eigenvalue weighted by Crippen LogP contribution is 2.45. The smallest absolute Gasteiger partial charge is 0.228 e. The summed E-state index contributed by atoms with van der Waals surface area (Å²) >= 11 is 0. The molecule has 1 heterocycles. The highest BCUT2D eigenvalue weighted by molar-refractivity contribution is 5.83. The molecule has 1 saturated carbocycles. The van der Waals surface area contributed by atoms with Gasteiger partial charge < -0.3 is 10.0 Å². The Morgan fingerprint density at radius 2 is 1.88 bits per heavy atom. The Kier molecular flexibility index (Phi) is 4.05. The van der Waals surface area contributed by atoms with Crippen LogP contribution < -0.4 is 0 Å². The van der Waals surface area contributed by atoms with Gasteiger partial charge in [0.1, 0.15) is 0 Å². The molecule has 2 rings (SSSR count). The lowest BCUT2D eigenvalue weighted by atomic mass is 9.66. The zero-order valence-corrected chi connectivity index (χ0v) is 10.8. The molecule has 1 aliphatic carbocycles. The number of amides is 1. The van der Waals surface area contributed by atoms with E-state index in [1.54, 1.807) is 0 Å². The number of hydrogen-bond donors (Lipinski definition) is 1. The number of aliphatic hydroxyl groups is 1. The van der Waals surface area contributed by atoms with Gasteiger partial charge in [0, 0.05) is 38.1 Å². The van der Waals surface area contributed by atoms with Crippen LogP contribution in [0.25, 0.3) is 0 Å². The normalized spacial score (nSPS) is 24.5. The molecule has 0 aromatic carbocycles. The Bertz CT molecular complexity index is 263. The van der Waals surface area contributed by atoms with Crippen LogP contribution in [0.5, 0.6) is 0 Å². The number of β-amino-alcohol motifs (C(OH)–C–C–N with tert-alkyl or cyclic N) is 1. The van der Waals surface area contributed by atoms with Crippen molar-refractivity contribution < 1.29 is 9.90 Å². The highest BCUT2D eigenvalue weighted by Gasteiger charge is 2.44. The topological polar surface area (TPSA) is 43.8 Å². The molecule has 4 nitrogen and oxygen atoms in total. The fraction of sp³-hybridized carbons (Fsp3) is 0.923. The Morgan fingerprint density at radius 1 is 1.24 bits per heavy atom. The van der Waals surface area contributed by atoms with Crippen LogP contribution >= 0.6 is 0 Å². The molecule has 4 heteroatoms. The third-order valence-electron chi connectivity index (χ3n) is 4.52. The summed E-state index contributed by atoms with van der Waals surface area (Å²) < 4.78 is 0. The molecule has 0 atom stereocenters. The van der Waals surface area contributed by atoms with E-state index in [0.717, 1.165) is 52.0 Å². The second kappa shape index (κ2) is 5.36. The van der Waals surface area contributed by atoms with E-state index in [4.69, 9.17) is 5.11 Å². The number of aliphatic hydroxyl groups excluding tert-OH is 1. The van der Waals surface area contributed by atoms with Crippen molar-refractivity contribution in [2.45, 2.75) is 32.6 Å². The molecule has 0 bridgehead atoms. The summed E-state index contributed by atoms with van der Waals surface area (Å²) in [6.07, 6.45) is 4.37. The maximum atomic E-state index is 12.5. The van der Waals surface area contributed by atoms with Crippen LogP contribution in [0.15, 0.2) is 0 Å². The monoisotopic (exact) mass is 240 g/mol. The molecule has 0 aromatic heterocycles. The summed E-state index contributed by atoms with van der Waals surface area (Å²) in [7, 11) is 0. The Labute approximate surface area is 104 Å². The van der Waals surface area contributed by atoms with Gasteiger partial charge in [-0.25, -0.2) is 0 Å². The second-order valence-electron chi connectivity index (χ2n) is 5.34. The SMILES string of the molecule is CCC1(C(=O)N2CCN(CCO)CC2)CCC1. The predicted molar refractivity (Wildman–Crippen MR) is 66.7 cm³/mol. The summed E-state index contributed by atoms with van der Waals surface area (Å²) in [5, 5.41) is 8.89. The van der Waals surface area contributed by atoms with Gasteiger partial charge in [0.25, 0.3) is 0 Å². The van der Waals surface area contributed by atoms with E-state index in [1.165, 1.54) is 6.42 Å². The van der Waals surface area contributed by atoms with Gasteiger partial charge in [-0.05, 0) is 19.3 Å². The van der Waals surface area contributed by atoms with E-state index in [1.807, 2.05) is 4.90 Å². The van der Waals surface area contributed by atoms with Gasteiger partial charge in [-0.2, -0.15) is 0 Å². The molecular formula is C13H24N2O2. The number of carbonyl (C=O) groups excluding carboxylic acids is 1. The van der Waals surface area contributed by atoms with Crippen LogP contribution in [0, 0.1) is 5.41 Å². The first-order valence-corrected chi connectivity index (χ1v) is 6.84. The van der Waals surface area contributed by atoms with Gasteiger partial charge in [0.05, 0.1) is 6.61 Å². The molecule has 0 radical (unpaired) electrons. The molecule has 0 spiro atoms. The first kappa shape index (κ1) is 12.8. The molecule has 98 valence electrons. The molecule has 0 aromatic rings. The van der Waals surface area contributed by atoms with Crippen LogP contribution in [0.2, 0.25) is 0 Å². The second-order valence-corrected chi connectivity index (χ2v) is 5.34. The van der Waals surface area contributed by atoms with Crippen LogP contribution in [0.4, 0.5) is 0 Å². The zero-order valence-electron chi connectivity index (χ0n) is 10.8. The zero-order chi connectivity index (χ0) is 12.3. The number of nitrogens with zero attached hydrogens (tertiary/aromatic N) is 2. The summed E-state index contributed by atoms with van der Waals surface area (Å²) in [5.41, 5.74) is -0.0147. The number of piperazine rings is 1. The van der Waals surface area contributed by atoms with E-state index < -0.39 is 0 Å². The molecule has 17 heavy (non-hydrogen) atoms. The van der Waals surface area contributed by atoms with Crippen LogP contribution in [0.3, 0.4) is 0 Å². The molecule has 1 amide bonds. The lowest BCUT2D eigenvalue weighted by Crippen LogP contribution is -2.55. The lowest BCUT2D eigenvalue weighted by Gasteiger charge is -2.45. The van der Waals surface area contributed by atoms with E-state index in [-0.39, 0.29) is 12.0 Å². The lowest BCUT2D eigenvalue weighted by molar-refractivity contribution is -0.149. The van der Waals surface area contributed by atoms with Gasteiger partial charge in [0.2, 0.25) is 5.91 Å². The van der Waals surface area contributed by atoms with Crippen molar-refractivity contribution in [2.75, 3.05) is 39.3 Å². The molecule has 2 fully saturated rings.